The zero-order chi connectivity index (χ0) is 10.6. The van der Waals surface area contributed by atoms with Crippen LogP contribution < -0.4 is 0 Å². The van der Waals surface area contributed by atoms with Gasteiger partial charge in [0.25, 0.3) is 0 Å². The van der Waals surface area contributed by atoms with E-state index in [0.717, 1.165) is 19.4 Å². The van der Waals surface area contributed by atoms with Crippen molar-refractivity contribution in [2.24, 2.45) is 0 Å². The number of hydrogen-bond acceptors (Lipinski definition) is 3. The number of rotatable bonds is 6. The zero-order valence-corrected chi connectivity index (χ0v) is 8.78. The van der Waals surface area contributed by atoms with Gasteiger partial charge in [-0.25, -0.2) is 4.79 Å². The van der Waals surface area contributed by atoms with Crippen molar-refractivity contribution in [1.82, 2.24) is 0 Å². The Kier molecular flexibility index (Phi) is 3.89. The Bertz CT molecular complexity index is 196. The van der Waals surface area contributed by atoms with Crippen LogP contribution >= 0.6 is 0 Å². The third-order valence-electron chi connectivity index (χ3n) is 2.75. The number of carboxylic acids is 1. The third-order valence-corrected chi connectivity index (χ3v) is 2.75. The molecule has 0 radical (unpaired) electrons. The molecule has 0 heterocycles. The number of carboxylic acid groups (broad SMARTS) is 1. The minimum Gasteiger partial charge on any atom is -0.479 e. The maximum absolute atomic E-state index is 10.8. The first-order valence-corrected chi connectivity index (χ1v) is 5.05. The Morgan fingerprint density at radius 2 is 2.21 bits per heavy atom. The maximum Gasteiger partial charge on any atom is 0.336 e. The zero-order valence-electron chi connectivity index (χ0n) is 8.78. The van der Waals surface area contributed by atoms with Crippen molar-refractivity contribution in [1.29, 1.82) is 0 Å². The van der Waals surface area contributed by atoms with Gasteiger partial charge in [0.2, 0.25) is 0 Å². The second-order valence-electron chi connectivity index (χ2n) is 3.76. The van der Waals surface area contributed by atoms with Gasteiger partial charge >= 0.3 is 5.97 Å². The first kappa shape index (κ1) is 11.5. The fraction of sp³-hybridized carbons (Fsp3) is 0.900. The first-order valence-electron chi connectivity index (χ1n) is 5.05. The minimum atomic E-state index is -0.975. The van der Waals surface area contributed by atoms with Crippen LogP contribution in [0.1, 0.15) is 32.6 Å². The summed E-state index contributed by atoms with van der Waals surface area (Å²) in [5.74, 6) is -0.879. The van der Waals surface area contributed by atoms with E-state index in [1.54, 1.807) is 0 Å². The molecule has 4 heteroatoms. The van der Waals surface area contributed by atoms with Crippen LogP contribution in [0.3, 0.4) is 0 Å². The number of aliphatic carboxylic acids is 1. The lowest BCUT2D eigenvalue weighted by Crippen LogP contribution is -2.55. The summed E-state index contributed by atoms with van der Waals surface area (Å²) in [5, 5.41) is 8.89. The molecule has 0 aromatic carbocycles. The normalized spacial score (nSPS) is 31.1. The Morgan fingerprint density at radius 3 is 2.64 bits per heavy atom. The lowest BCUT2D eigenvalue weighted by molar-refractivity contribution is -0.195. The molecule has 0 atom stereocenters. The lowest BCUT2D eigenvalue weighted by Gasteiger charge is -2.42. The number of ether oxygens (including phenoxy) is 2. The molecule has 1 saturated carbocycles. The smallest absolute Gasteiger partial charge is 0.336 e. The van der Waals surface area contributed by atoms with Gasteiger partial charge in [-0.1, -0.05) is 13.3 Å². The topological polar surface area (TPSA) is 55.8 Å². The predicted octanol–water partition coefficient (Wildman–Crippen LogP) is 1.44. The standard InChI is InChI=1S/C10H18O4/c1-3-4-5-14-8-6-10(7-8,13-2)9(11)12/h8H,3-7H2,1-2H3,(H,11,12). The van der Waals surface area contributed by atoms with Gasteiger partial charge in [0.05, 0.1) is 6.10 Å². The summed E-state index contributed by atoms with van der Waals surface area (Å²) in [7, 11) is 1.44. The van der Waals surface area contributed by atoms with Crippen LogP contribution in [0.15, 0.2) is 0 Å². The Labute approximate surface area is 84.2 Å². The molecule has 0 bridgehead atoms. The molecule has 0 aliphatic heterocycles. The van der Waals surface area contributed by atoms with E-state index >= 15 is 0 Å². The predicted molar refractivity (Wildman–Crippen MR) is 51.3 cm³/mol. The van der Waals surface area contributed by atoms with E-state index in [2.05, 4.69) is 6.92 Å². The summed E-state index contributed by atoms with van der Waals surface area (Å²) in [6.07, 6.45) is 3.15. The van der Waals surface area contributed by atoms with E-state index in [9.17, 15) is 4.79 Å². The summed E-state index contributed by atoms with van der Waals surface area (Å²) in [6.45, 7) is 2.82. The van der Waals surface area contributed by atoms with Crippen molar-refractivity contribution in [2.75, 3.05) is 13.7 Å². The molecular formula is C10H18O4. The SMILES string of the molecule is CCCCOC1CC(OC)(C(=O)O)C1. The van der Waals surface area contributed by atoms with Crippen molar-refractivity contribution in [3.05, 3.63) is 0 Å². The van der Waals surface area contributed by atoms with E-state index in [-0.39, 0.29) is 6.10 Å². The van der Waals surface area contributed by atoms with Crippen molar-refractivity contribution in [3.8, 4) is 0 Å². The van der Waals surface area contributed by atoms with Gasteiger partial charge < -0.3 is 14.6 Å². The number of carbonyl (C=O) groups is 1. The highest BCUT2D eigenvalue weighted by Crippen LogP contribution is 2.37. The quantitative estimate of drug-likeness (QED) is 0.662. The highest BCUT2D eigenvalue weighted by molar-refractivity contribution is 5.79. The van der Waals surface area contributed by atoms with Gasteiger partial charge in [0, 0.05) is 26.6 Å². The molecule has 0 saturated heterocycles. The van der Waals surface area contributed by atoms with Crippen LogP contribution in [0, 0.1) is 0 Å². The maximum atomic E-state index is 10.8. The number of unbranched alkanes of at least 4 members (excludes halogenated alkanes) is 1. The van der Waals surface area contributed by atoms with Gasteiger partial charge in [-0.2, -0.15) is 0 Å². The third kappa shape index (κ3) is 2.25. The van der Waals surface area contributed by atoms with Gasteiger partial charge in [-0.15, -0.1) is 0 Å². The average molecular weight is 202 g/mol. The van der Waals surface area contributed by atoms with Crippen LogP contribution in [-0.4, -0.2) is 36.5 Å². The molecule has 14 heavy (non-hydrogen) atoms. The van der Waals surface area contributed by atoms with Crippen molar-refractivity contribution in [2.45, 2.75) is 44.3 Å². The fourth-order valence-electron chi connectivity index (χ4n) is 1.62. The molecule has 0 unspecified atom stereocenters. The number of methoxy groups -OCH3 is 1. The number of hydrogen-bond donors (Lipinski definition) is 1. The molecule has 82 valence electrons. The fourth-order valence-corrected chi connectivity index (χ4v) is 1.62. The molecule has 1 N–H and O–H groups in total. The molecule has 0 spiro atoms. The molecule has 4 nitrogen and oxygen atoms in total. The minimum absolute atomic E-state index is 0.0672. The summed E-state index contributed by atoms with van der Waals surface area (Å²) < 4.78 is 10.5. The van der Waals surface area contributed by atoms with Crippen molar-refractivity contribution >= 4 is 5.97 Å². The molecule has 1 aliphatic rings. The monoisotopic (exact) mass is 202 g/mol. The summed E-state index contributed by atoms with van der Waals surface area (Å²) >= 11 is 0. The van der Waals surface area contributed by atoms with Gasteiger partial charge in [0.15, 0.2) is 5.60 Å². The second kappa shape index (κ2) is 4.75. The summed E-state index contributed by atoms with van der Waals surface area (Å²) in [4.78, 5) is 10.8. The molecule has 1 fully saturated rings. The second-order valence-corrected chi connectivity index (χ2v) is 3.76. The first-order chi connectivity index (χ1) is 6.64. The average Bonchev–Trinajstić information content (AvgIpc) is 2.08. The van der Waals surface area contributed by atoms with E-state index in [1.165, 1.54) is 7.11 Å². The summed E-state index contributed by atoms with van der Waals surface area (Å²) in [6, 6.07) is 0. The van der Waals surface area contributed by atoms with Crippen LogP contribution in [0.5, 0.6) is 0 Å². The van der Waals surface area contributed by atoms with E-state index in [1.807, 2.05) is 0 Å². The molecule has 0 amide bonds. The Balaban J connectivity index is 2.23. The van der Waals surface area contributed by atoms with Crippen molar-refractivity contribution in [3.63, 3.8) is 0 Å². The van der Waals surface area contributed by atoms with Gasteiger partial charge in [0.1, 0.15) is 0 Å². The van der Waals surface area contributed by atoms with E-state index in [0.29, 0.717) is 12.8 Å². The molecule has 1 rings (SSSR count). The lowest BCUT2D eigenvalue weighted by atomic mass is 9.77. The largest absolute Gasteiger partial charge is 0.479 e. The Hall–Kier alpha value is -0.610. The molecule has 0 aromatic rings. The summed E-state index contributed by atoms with van der Waals surface area (Å²) in [5.41, 5.74) is -0.975. The van der Waals surface area contributed by atoms with Crippen LogP contribution in [-0.2, 0) is 14.3 Å². The highest BCUT2D eigenvalue weighted by Gasteiger charge is 2.51. The molecule has 0 aromatic heterocycles. The van der Waals surface area contributed by atoms with Crippen LogP contribution in [0.25, 0.3) is 0 Å². The van der Waals surface area contributed by atoms with E-state index in [4.69, 9.17) is 14.6 Å². The van der Waals surface area contributed by atoms with Gasteiger partial charge in [-0.3, -0.25) is 0 Å². The van der Waals surface area contributed by atoms with Gasteiger partial charge in [-0.05, 0) is 6.42 Å². The molecular weight excluding hydrogens is 184 g/mol. The molecule has 1 aliphatic carbocycles. The van der Waals surface area contributed by atoms with E-state index < -0.39 is 11.6 Å². The van der Waals surface area contributed by atoms with Crippen molar-refractivity contribution < 1.29 is 19.4 Å². The van der Waals surface area contributed by atoms with Crippen LogP contribution in [0.4, 0.5) is 0 Å². The van der Waals surface area contributed by atoms with Crippen LogP contribution in [0.2, 0.25) is 0 Å². The Morgan fingerprint density at radius 1 is 1.57 bits per heavy atom. The highest BCUT2D eigenvalue weighted by atomic mass is 16.5.